The Kier molecular flexibility index (Phi) is 9.02. The fourth-order valence-electron chi connectivity index (χ4n) is 2.53. The molecule has 3 N–H and O–H groups in total. The van der Waals surface area contributed by atoms with Crippen molar-refractivity contribution in [3.05, 3.63) is 54.1 Å². The molecule has 2 amide bonds. The Morgan fingerprint density at radius 3 is 2.48 bits per heavy atom. The molecule has 0 heterocycles. The number of hydrogen-bond donors (Lipinski definition) is 3. The van der Waals surface area contributed by atoms with Gasteiger partial charge < -0.3 is 20.7 Å². The maximum absolute atomic E-state index is 12.2. The first kappa shape index (κ1) is 22.3. The van der Waals surface area contributed by atoms with Crippen LogP contribution in [0.2, 0.25) is 0 Å². The lowest BCUT2D eigenvalue weighted by atomic mass is 10.2. The van der Waals surface area contributed by atoms with E-state index in [1.54, 1.807) is 24.3 Å². The molecule has 29 heavy (non-hydrogen) atoms. The minimum atomic E-state index is -0.168. The maximum Gasteiger partial charge on any atom is 0.251 e. The molecule has 0 aromatic heterocycles. The second-order valence-corrected chi connectivity index (χ2v) is 7.32. The first-order chi connectivity index (χ1) is 14.0. The Morgan fingerprint density at radius 2 is 1.79 bits per heavy atom. The molecule has 0 radical (unpaired) electrons. The molecule has 0 unspecified atom stereocenters. The topological polar surface area (TPSA) is 79.5 Å². The van der Waals surface area contributed by atoms with Crippen molar-refractivity contribution in [2.75, 3.05) is 30.3 Å². The van der Waals surface area contributed by atoms with E-state index in [0.29, 0.717) is 30.3 Å². The molecule has 0 spiro atoms. The molecule has 0 aliphatic heterocycles. The lowest BCUT2D eigenvalue weighted by Gasteiger charge is -2.11. The van der Waals surface area contributed by atoms with Crippen LogP contribution in [0.15, 0.2) is 48.5 Å². The van der Waals surface area contributed by atoms with Crippen molar-refractivity contribution >= 4 is 23.2 Å². The second kappa shape index (κ2) is 11.7. The highest BCUT2D eigenvalue weighted by Crippen LogP contribution is 2.18. The highest BCUT2D eigenvalue weighted by molar-refractivity contribution is 5.96. The van der Waals surface area contributed by atoms with Gasteiger partial charge in [-0.2, -0.15) is 0 Å². The van der Waals surface area contributed by atoms with E-state index in [9.17, 15) is 9.59 Å². The molecule has 0 saturated carbocycles. The molecule has 0 saturated heterocycles. The molecular formula is C23H31N3O3. The van der Waals surface area contributed by atoms with Gasteiger partial charge >= 0.3 is 0 Å². The molecule has 2 aromatic rings. The molecule has 0 bridgehead atoms. The summed E-state index contributed by atoms with van der Waals surface area (Å²) in [6, 6.07) is 14.4. The van der Waals surface area contributed by atoms with Crippen LogP contribution >= 0.6 is 0 Å². The van der Waals surface area contributed by atoms with E-state index >= 15 is 0 Å². The quantitative estimate of drug-likeness (QED) is 0.494. The van der Waals surface area contributed by atoms with Gasteiger partial charge in [0.1, 0.15) is 5.75 Å². The van der Waals surface area contributed by atoms with Gasteiger partial charge in [-0.25, -0.2) is 0 Å². The van der Waals surface area contributed by atoms with Crippen molar-refractivity contribution in [2.24, 2.45) is 5.92 Å². The van der Waals surface area contributed by atoms with Gasteiger partial charge in [-0.05, 0) is 48.7 Å². The summed E-state index contributed by atoms with van der Waals surface area (Å²) in [5.74, 6) is 0.958. The van der Waals surface area contributed by atoms with Crippen LogP contribution in [-0.4, -0.2) is 31.5 Å². The molecular weight excluding hydrogens is 366 g/mol. The van der Waals surface area contributed by atoms with Crippen LogP contribution in [0.5, 0.6) is 5.75 Å². The van der Waals surface area contributed by atoms with Crippen molar-refractivity contribution in [1.29, 1.82) is 0 Å². The van der Waals surface area contributed by atoms with Crippen molar-refractivity contribution in [3.8, 4) is 5.75 Å². The molecule has 0 atom stereocenters. The number of anilines is 2. The number of rotatable bonds is 11. The van der Waals surface area contributed by atoms with Gasteiger partial charge in [0, 0.05) is 29.5 Å². The van der Waals surface area contributed by atoms with Gasteiger partial charge in [-0.3, -0.25) is 9.59 Å². The Hall–Kier alpha value is -3.02. The summed E-state index contributed by atoms with van der Waals surface area (Å²) in [6.07, 6.45) is 1.99. The minimum absolute atomic E-state index is 0.0995. The lowest BCUT2D eigenvalue weighted by Crippen LogP contribution is -2.24. The Morgan fingerprint density at radius 1 is 1.03 bits per heavy atom. The average molecular weight is 398 g/mol. The summed E-state index contributed by atoms with van der Waals surface area (Å²) < 4.78 is 5.70. The van der Waals surface area contributed by atoms with Crippen molar-refractivity contribution in [1.82, 2.24) is 5.32 Å². The van der Waals surface area contributed by atoms with Crippen molar-refractivity contribution in [3.63, 3.8) is 0 Å². The zero-order valence-electron chi connectivity index (χ0n) is 17.5. The monoisotopic (exact) mass is 397 g/mol. The minimum Gasteiger partial charge on any atom is -0.493 e. The Labute approximate surface area is 173 Å². The van der Waals surface area contributed by atoms with Crippen molar-refractivity contribution < 1.29 is 14.3 Å². The van der Waals surface area contributed by atoms with Crippen LogP contribution in [0.25, 0.3) is 0 Å². The predicted octanol–water partition coefficient (Wildman–Crippen LogP) is 4.30. The van der Waals surface area contributed by atoms with Gasteiger partial charge in [0.2, 0.25) is 5.91 Å². The highest BCUT2D eigenvalue weighted by atomic mass is 16.5. The number of nitrogens with one attached hydrogen (secondary N) is 3. The van der Waals surface area contributed by atoms with Gasteiger partial charge in [-0.15, -0.1) is 0 Å². The smallest absolute Gasteiger partial charge is 0.251 e. The van der Waals surface area contributed by atoms with E-state index in [1.807, 2.05) is 24.3 Å². The third kappa shape index (κ3) is 8.25. The number of benzene rings is 2. The van der Waals surface area contributed by atoms with E-state index in [-0.39, 0.29) is 18.4 Å². The van der Waals surface area contributed by atoms with Crippen LogP contribution < -0.4 is 20.7 Å². The third-order valence-corrected chi connectivity index (χ3v) is 4.12. The fourth-order valence-corrected chi connectivity index (χ4v) is 2.53. The first-order valence-electron chi connectivity index (χ1n) is 10.1. The third-order valence-electron chi connectivity index (χ3n) is 4.12. The van der Waals surface area contributed by atoms with E-state index in [0.717, 1.165) is 24.3 Å². The van der Waals surface area contributed by atoms with Gasteiger partial charge in [0.15, 0.2) is 0 Å². The van der Waals surface area contributed by atoms with Crippen LogP contribution in [0, 0.1) is 5.92 Å². The molecule has 0 fully saturated rings. The first-order valence-corrected chi connectivity index (χ1v) is 10.1. The summed E-state index contributed by atoms with van der Waals surface area (Å²) in [5, 5.41) is 8.79. The van der Waals surface area contributed by atoms with Gasteiger partial charge in [0.25, 0.3) is 5.91 Å². The molecule has 2 rings (SSSR count). The Balaban J connectivity index is 1.80. The summed E-state index contributed by atoms with van der Waals surface area (Å²) in [7, 11) is 0. The summed E-state index contributed by atoms with van der Waals surface area (Å²) in [5.41, 5.74) is 2.05. The predicted molar refractivity (Wildman–Crippen MR) is 118 cm³/mol. The number of carbonyl (C=O) groups is 2. The van der Waals surface area contributed by atoms with Crippen LogP contribution in [0.4, 0.5) is 11.4 Å². The van der Waals surface area contributed by atoms with Crippen LogP contribution in [0.3, 0.4) is 0 Å². The van der Waals surface area contributed by atoms with E-state index < -0.39 is 0 Å². The summed E-state index contributed by atoms with van der Waals surface area (Å²) in [4.78, 5) is 24.2. The molecule has 2 aromatic carbocycles. The maximum atomic E-state index is 12.2. The number of hydrogen-bond acceptors (Lipinski definition) is 4. The van der Waals surface area contributed by atoms with E-state index in [4.69, 9.17) is 4.74 Å². The SMILES string of the molecule is CCCCNC(=O)c1ccc(NC(=O)CNc2cccc(OCC(C)C)c2)cc1. The lowest BCUT2D eigenvalue weighted by molar-refractivity contribution is -0.114. The van der Waals surface area contributed by atoms with Crippen LogP contribution in [0.1, 0.15) is 44.0 Å². The summed E-state index contributed by atoms with van der Waals surface area (Å²) in [6.45, 7) is 7.72. The second-order valence-electron chi connectivity index (χ2n) is 7.32. The molecule has 156 valence electrons. The fraction of sp³-hybridized carbons (Fsp3) is 0.391. The number of ether oxygens (including phenoxy) is 1. The number of unbranched alkanes of at least 4 members (excludes halogenated alkanes) is 1. The number of amides is 2. The molecule has 0 aliphatic rings. The normalized spacial score (nSPS) is 10.5. The van der Waals surface area contributed by atoms with E-state index in [1.165, 1.54) is 0 Å². The zero-order valence-corrected chi connectivity index (χ0v) is 17.5. The molecule has 6 nitrogen and oxygen atoms in total. The highest BCUT2D eigenvalue weighted by Gasteiger charge is 2.07. The van der Waals surface area contributed by atoms with Crippen LogP contribution in [-0.2, 0) is 4.79 Å². The van der Waals surface area contributed by atoms with Gasteiger partial charge in [-0.1, -0.05) is 33.3 Å². The molecule has 6 heteroatoms. The van der Waals surface area contributed by atoms with E-state index in [2.05, 4.69) is 36.7 Å². The standard InChI is InChI=1S/C23H31N3O3/c1-4-5-13-24-23(28)18-9-11-19(12-10-18)26-22(27)15-25-20-7-6-8-21(14-20)29-16-17(2)3/h6-12,14,17,25H,4-5,13,15-16H2,1-3H3,(H,24,28)(H,26,27). The van der Waals surface area contributed by atoms with Gasteiger partial charge in [0.05, 0.1) is 13.2 Å². The molecule has 0 aliphatic carbocycles. The number of carbonyl (C=O) groups excluding carboxylic acids is 2. The largest absolute Gasteiger partial charge is 0.493 e. The van der Waals surface area contributed by atoms with Crippen molar-refractivity contribution in [2.45, 2.75) is 33.6 Å². The average Bonchev–Trinajstić information content (AvgIpc) is 2.72. The Bertz CT molecular complexity index is 788. The zero-order chi connectivity index (χ0) is 21.1. The summed E-state index contributed by atoms with van der Waals surface area (Å²) >= 11 is 0.